The van der Waals surface area contributed by atoms with Crippen molar-refractivity contribution in [2.75, 3.05) is 13.1 Å². The van der Waals surface area contributed by atoms with Crippen molar-refractivity contribution in [1.29, 1.82) is 0 Å². The molecule has 1 aliphatic heterocycles. The highest BCUT2D eigenvalue weighted by atomic mass is 19.1. The first-order valence-electron chi connectivity index (χ1n) is 6.77. The maximum atomic E-state index is 12.8. The van der Waals surface area contributed by atoms with E-state index in [-0.39, 0.29) is 11.7 Å². The summed E-state index contributed by atoms with van der Waals surface area (Å²) < 4.78 is 12.8. The zero-order chi connectivity index (χ0) is 13.8. The molecule has 0 saturated carbocycles. The molecule has 0 aromatic heterocycles. The summed E-state index contributed by atoms with van der Waals surface area (Å²) in [6, 6.07) is 6.13. The molecular formula is C16H20FNO. The van der Waals surface area contributed by atoms with Crippen molar-refractivity contribution < 1.29 is 9.18 Å². The second-order valence-electron chi connectivity index (χ2n) is 5.57. The van der Waals surface area contributed by atoms with E-state index in [0.29, 0.717) is 11.8 Å². The van der Waals surface area contributed by atoms with E-state index in [1.807, 2.05) is 4.90 Å². The van der Waals surface area contributed by atoms with Gasteiger partial charge in [-0.15, -0.1) is 0 Å². The van der Waals surface area contributed by atoms with E-state index >= 15 is 0 Å². The summed E-state index contributed by atoms with van der Waals surface area (Å²) in [6.45, 7) is 6.02. The van der Waals surface area contributed by atoms with Crippen LogP contribution in [0, 0.1) is 17.7 Å². The number of amides is 1. The lowest BCUT2D eigenvalue weighted by Gasteiger charge is -2.34. The highest BCUT2D eigenvalue weighted by Gasteiger charge is 2.23. The molecule has 3 heteroatoms. The maximum absolute atomic E-state index is 12.8. The average Bonchev–Trinajstić information content (AvgIpc) is 2.36. The van der Waals surface area contributed by atoms with Crippen molar-refractivity contribution in [2.24, 2.45) is 11.8 Å². The van der Waals surface area contributed by atoms with Gasteiger partial charge >= 0.3 is 0 Å². The van der Waals surface area contributed by atoms with Crippen LogP contribution in [0.15, 0.2) is 30.3 Å². The Bertz CT molecular complexity index is 456. The van der Waals surface area contributed by atoms with Crippen LogP contribution >= 0.6 is 0 Å². The van der Waals surface area contributed by atoms with Gasteiger partial charge in [-0.1, -0.05) is 26.0 Å². The Balaban J connectivity index is 1.98. The summed E-state index contributed by atoms with van der Waals surface area (Å²) >= 11 is 0. The lowest BCUT2D eigenvalue weighted by atomic mass is 9.92. The van der Waals surface area contributed by atoms with Gasteiger partial charge in [-0.3, -0.25) is 4.79 Å². The van der Waals surface area contributed by atoms with E-state index in [0.717, 1.165) is 18.7 Å². The molecule has 1 aromatic carbocycles. The molecule has 1 amide bonds. The van der Waals surface area contributed by atoms with Crippen molar-refractivity contribution >= 4 is 12.0 Å². The third-order valence-electron chi connectivity index (χ3n) is 3.47. The van der Waals surface area contributed by atoms with Gasteiger partial charge < -0.3 is 4.90 Å². The Morgan fingerprint density at radius 2 is 1.79 bits per heavy atom. The topological polar surface area (TPSA) is 20.3 Å². The minimum Gasteiger partial charge on any atom is -0.339 e. The highest BCUT2D eigenvalue weighted by Crippen LogP contribution is 2.21. The number of carbonyl (C=O) groups is 1. The van der Waals surface area contributed by atoms with Gasteiger partial charge in [0.1, 0.15) is 5.82 Å². The number of likely N-dealkylation sites (tertiary alicyclic amines) is 1. The highest BCUT2D eigenvalue weighted by molar-refractivity contribution is 5.91. The van der Waals surface area contributed by atoms with Gasteiger partial charge in [-0.2, -0.15) is 0 Å². The molecule has 0 bridgehead atoms. The molecular weight excluding hydrogens is 241 g/mol. The number of rotatable bonds is 2. The van der Waals surface area contributed by atoms with Crippen LogP contribution in [-0.2, 0) is 4.79 Å². The van der Waals surface area contributed by atoms with Gasteiger partial charge in [0.15, 0.2) is 0 Å². The quantitative estimate of drug-likeness (QED) is 0.748. The molecule has 0 unspecified atom stereocenters. The first-order valence-corrected chi connectivity index (χ1v) is 6.77. The third-order valence-corrected chi connectivity index (χ3v) is 3.47. The second-order valence-corrected chi connectivity index (χ2v) is 5.57. The molecule has 0 radical (unpaired) electrons. The summed E-state index contributed by atoms with van der Waals surface area (Å²) in [5, 5.41) is 0. The summed E-state index contributed by atoms with van der Waals surface area (Å²) in [4.78, 5) is 14.0. The number of halogens is 1. The minimum atomic E-state index is -0.262. The van der Waals surface area contributed by atoms with Crippen LogP contribution < -0.4 is 0 Å². The minimum absolute atomic E-state index is 0.0442. The van der Waals surface area contributed by atoms with Crippen molar-refractivity contribution in [1.82, 2.24) is 4.90 Å². The van der Waals surface area contributed by atoms with E-state index < -0.39 is 0 Å². The standard InChI is InChI=1S/C16H20FNO/c1-12-9-13(2)11-18(10-12)16(19)8-5-14-3-6-15(17)7-4-14/h3-8,12-13H,9-11H2,1-2H3/b8-5+/t12-,13-/m0/s1. The van der Waals surface area contributed by atoms with Crippen molar-refractivity contribution in [2.45, 2.75) is 20.3 Å². The lowest BCUT2D eigenvalue weighted by molar-refractivity contribution is -0.128. The van der Waals surface area contributed by atoms with Gasteiger partial charge in [0.05, 0.1) is 0 Å². The average molecular weight is 261 g/mol. The fourth-order valence-electron chi connectivity index (χ4n) is 2.69. The number of benzene rings is 1. The Hall–Kier alpha value is -1.64. The van der Waals surface area contributed by atoms with E-state index in [9.17, 15) is 9.18 Å². The number of piperidine rings is 1. The fraction of sp³-hybridized carbons (Fsp3) is 0.438. The normalized spacial score (nSPS) is 23.8. The molecule has 2 nitrogen and oxygen atoms in total. The first-order chi connectivity index (χ1) is 9.04. The van der Waals surface area contributed by atoms with Crippen LogP contribution in [0.1, 0.15) is 25.8 Å². The number of nitrogens with zero attached hydrogens (tertiary/aromatic N) is 1. The van der Waals surface area contributed by atoms with Gasteiger partial charge in [0, 0.05) is 19.2 Å². The summed E-state index contributed by atoms with van der Waals surface area (Å²) in [5.74, 6) is 0.906. The van der Waals surface area contributed by atoms with Crippen molar-refractivity contribution in [3.63, 3.8) is 0 Å². The van der Waals surface area contributed by atoms with Gasteiger partial charge in [0.2, 0.25) is 5.91 Å². The van der Waals surface area contributed by atoms with Gasteiger partial charge in [-0.25, -0.2) is 4.39 Å². The second kappa shape index (κ2) is 6.00. The van der Waals surface area contributed by atoms with Crippen LogP contribution in [-0.4, -0.2) is 23.9 Å². The van der Waals surface area contributed by atoms with Crippen LogP contribution in [0.5, 0.6) is 0 Å². The lowest BCUT2D eigenvalue weighted by Crippen LogP contribution is -2.41. The van der Waals surface area contributed by atoms with E-state index in [2.05, 4.69) is 13.8 Å². The van der Waals surface area contributed by atoms with Crippen LogP contribution in [0.4, 0.5) is 4.39 Å². The molecule has 2 rings (SSSR count). The molecule has 0 spiro atoms. The molecule has 19 heavy (non-hydrogen) atoms. The number of hydrogen-bond donors (Lipinski definition) is 0. The molecule has 0 N–H and O–H groups in total. The fourth-order valence-corrected chi connectivity index (χ4v) is 2.69. The molecule has 1 heterocycles. The Morgan fingerprint density at radius 3 is 2.37 bits per heavy atom. The van der Waals surface area contributed by atoms with Gasteiger partial charge in [0.25, 0.3) is 0 Å². The van der Waals surface area contributed by atoms with Gasteiger partial charge in [-0.05, 0) is 42.0 Å². The van der Waals surface area contributed by atoms with Crippen molar-refractivity contribution in [3.8, 4) is 0 Å². The SMILES string of the molecule is C[C@H]1C[C@H](C)CN(C(=O)/C=C/c2ccc(F)cc2)C1. The third kappa shape index (κ3) is 3.91. The molecule has 1 aliphatic rings. The van der Waals surface area contributed by atoms with Crippen LogP contribution in [0.2, 0.25) is 0 Å². The Morgan fingerprint density at radius 1 is 1.21 bits per heavy atom. The van der Waals surface area contributed by atoms with E-state index in [1.165, 1.54) is 18.6 Å². The zero-order valence-corrected chi connectivity index (χ0v) is 11.5. The van der Waals surface area contributed by atoms with Crippen LogP contribution in [0.25, 0.3) is 6.08 Å². The predicted octanol–water partition coefficient (Wildman–Crippen LogP) is 3.34. The predicted molar refractivity (Wildman–Crippen MR) is 75.0 cm³/mol. The molecule has 1 saturated heterocycles. The Kier molecular flexibility index (Phi) is 4.35. The Labute approximate surface area is 113 Å². The largest absolute Gasteiger partial charge is 0.339 e. The van der Waals surface area contributed by atoms with Crippen molar-refractivity contribution in [3.05, 3.63) is 41.7 Å². The molecule has 0 aliphatic carbocycles. The van der Waals surface area contributed by atoms with Crippen LogP contribution in [0.3, 0.4) is 0 Å². The maximum Gasteiger partial charge on any atom is 0.246 e. The zero-order valence-electron chi connectivity index (χ0n) is 11.5. The number of carbonyl (C=O) groups excluding carboxylic acids is 1. The summed E-state index contributed by atoms with van der Waals surface area (Å²) in [6.07, 6.45) is 4.51. The summed E-state index contributed by atoms with van der Waals surface area (Å²) in [7, 11) is 0. The smallest absolute Gasteiger partial charge is 0.246 e. The summed E-state index contributed by atoms with van der Waals surface area (Å²) in [5.41, 5.74) is 0.841. The molecule has 1 aromatic rings. The molecule has 1 fully saturated rings. The number of hydrogen-bond acceptors (Lipinski definition) is 1. The first kappa shape index (κ1) is 13.8. The van der Waals surface area contributed by atoms with E-state index in [4.69, 9.17) is 0 Å². The van der Waals surface area contributed by atoms with E-state index in [1.54, 1.807) is 24.3 Å². The monoisotopic (exact) mass is 261 g/mol. The molecule has 2 atom stereocenters. The molecule has 102 valence electrons.